The summed E-state index contributed by atoms with van der Waals surface area (Å²) in [6, 6.07) is 20.3. The van der Waals surface area contributed by atoms with Crippen molar-refractivity contribution in [3.8, 4) is 0 Å². The second-order valence-electron chi connectivity index (χ2n) is 10.2. The van der Waals surface area contributed by atoms with Gasteiger partial charge in [0.1, 0.15) is 17.3 Å². The van der Waals surface area contributed by atoms with Crippen molar-refractivity contribution in [2.24, 2.45) is 11.0 Å². The van der Waals surface area contributed by atoms with E-state index in [1.54, 1.807) is 51.2 Å². The third kappa shape index (κ3) is 8.29. The molecule has 214 valence electrons. The predicted molar refractivity (Wildman–Crippen MR) is 153 cm³/mol. The predicted octanol–water partition coefficient (Wildman–Crippen LogP) is 4.12. The number of amides is 2. The van der Waals surface area contributed by atoms with Crippen LogP contribution in [0.4, 0.5) is 4.79 Å². The summed E-state index contributed by atoms with van der Waals surface area (Å²) in [4.78, 5) is 44.4. The topological polar surface area (TPSA) is 136 Å². The van der Waals surface area contributed by atoms with Gasteiger partial charge < -0.3 is 14.5 Å². The zero-order chi connectivity index (χ0) is 29.2. The molecule has 0 aliphatic carbocycles. The van der Waals surface area contributed by atoms with Crippen LogP contribution in [0.2, 0.25) is 0 Å². The number of ether oxygens (including phenoxy) is 1. The van der Waals surface area contributed by atoms with Crippen molar-refractivity contribution in [3.05, 3.63) is 96.1 Å². The molecule has 2 amide bonds. The molecule has 11 nitrogen and oxygen atoms in total. The van der Waals surface area contributed by atoms with Crippen molar-refractivity contribution < 1.29 is 28.5 Å². The molecule has 2 aromatic heterocycles. The summed E-state index contributed by atoms with van der Waals surface area (Å²) >= 11 is 0. The summed E-state index contributed by atoms with van der Waals surface area (Å²) in [6.45, 7) is 5.68. The maximum atomic E-state index is 13.3. The molecule has 0 saturated carbocycles. The first-order valence-corrected chi connectivity index (χ1v) is 13.1. The largest absolute Gasteiger partial charge is 0.463 e. The van der Waals surface area contributed by atoms with Gasteiger partial charge in [-0.3, -0.25) is 14.2 Å². The highest BCUT2D eigenvalue weighted by molar-refractivity contribution is 6.01. The number of nitrogens with zero attached hydrogens (tertiary/aromatic N) is 2. The number of furan rings is 1. The molecule has 3 N–H and O–H groups in total. The standard InChI is InChI=1S/C30H33N5O6/c1-30(2,3)40-29(38)35-20-22(24-13-7-8-14-26(24)35)18-25(27(36)31-16-15-21-10-5-4-6-11-21)28(37)33-41-34-32-19-23-12-9-17-39-23/h4-14,17,19-20,25,34H,15-16,18H2,1-3H3,(H,31,36)(H,33,37)/t25-/m1/s1. The number of aromatic nitrogens is 1. The van der Waals surface area contributed by atoms with E-state index in [9.17, 15) is 14.4 Å². The van der Waals surface area contributed by atoms with E-state index in [-0.39, 0.29) is 6.42 Å². The van der Waals surface area contributed by atoms with Gasteiger partial charge in [0.05, 0.1) is 18.0 Å². The molecule has 0 aliphatic heterocycles. The Labute approximate surface area is 237 Å². The molecular formula is C30H33N5O6. The number of para-hydroxylation sites is 1. The molecule has 41 heavy (non-hydrogen) atoms. The van der Waals surface area contributed by atoms with Gasteiger partial charge in [-0.25, -0.2) is 10.3 Å². The summed E-state index contributed by atoms with van der Waals surface area (Å²) in [5, 5.41) is 7.35. The maximum Gasteiger partial charge on any atom is 0.419 e. The summed E-state index contributed by atoms with van der Waals surface area (Å²) < 4.78 is 12.1. The number of benzene rings is 2. The number of hydroxylamine groups is 1. The van der Waals surface area contributed by atoms with Crippen LogP contribution in [0.15, 0.2) is 88.7 Å². The molecule has 0 radical (unpaired) electrons. The highest BCUT2D eigenvalue weighted by atomic mass is 16.8. The number of hydrogen-bond donors (Lipinski definition) is 3. The van der Waals surface area contributed by atoms with Crippen molar-refractivity contribution in [2.45, 2.75) is 39.2 Å². The average molecular weight is 560 g/mol. The van der Waals surface area contributed by atoms with Crippen LogP contribution in [0, 0.1) is 5.92 Å². The monoisotopic (exact) mass is 559 g/mol. The minimum atomic E-state index is -1.18. The second kappa shape index (κ2) is 13.4. The van der Waals surface area contributed by atoms with Gasteiger partial charge in [0.15, 0.2) is 0 Å². The fourth-order valence-electron chi connectivity index (χ4n) is 4.12. The molecule has 4 aromatic rings. The number of fused-ring (bicyclic) bond motifs is 1. The van der Waals surface area contributed by atoms with Crippen LogP contribution in [-0.2, 0) is 32.1 Å². The van der Waals surface area contributed by atoms with E-state index in [1.807, 2.05) is 42.5 Å². The zero-order valence-corrected chi connectivity index (χ0v) is 23.1. The van der Waals surface area contributed by atoms with Crippen LogP contribution in [0.1, 0.15) is 37.7 Å². The van der Waals surface area contributed by atoms with Crippen molar-refractivity contribution in [1.82, 2.24) is 21.0 Å². The first kappa shape index (κ1) is 29.1. The molecule has 0 aliphatic rings. The Bertz CT molecular complexity index is 1490. The van der Waals surface area contributed by atoms with Crippen molar-refractivity contribution in [3.63, 3.8) is 0 Å². The lowest BCUT2D eigenvalue weighted by Crippen LogP contribution is -2.44. The quantitative estimate of drug-likeness (QED) is 0.109. The molecule has 1 atom stereocenters. The fraction of sp³-hybridized carbons (Fsp3) is 0.267. The molecule has 0 bridgehead atoms. The summed E-state index contributed by atoms with van der Waals surface area (Å²) in [5.41, 5.74) is 6.03. The first-order valence-electron chi connectivity index (χ1n) is 13.1. The normalized spacial score (nSPS) is 12.3. The minimum absolute atomic E-state index is 0.00165. The smallest absolute Gasteiger partial charge is 0.419 e. The SMILES string of the molecule is CC(C)(C)OC(=O)n1cc(C[C@H](C(=O)NCCc2ccccc2)C(=O)NONN=Cc2ccco2)c2ccccc21. The highest BCUT2D eigenvalue weighted by Crippen LogP contribution is 2.25. The molecule has 0 unspecified atom stereocenters. The summed E-state index contributed by atoms with van der Waals surface area (Å²) in [7, 11) is 0. The molecular weight excluding hydrogens is 526 g/mol. The summed E-state index contributed by atoms with van der Waals surface area (Å²) in [6.07, 6.45) is 4.48. The van der Waals surface area contributed by atoms with Gasteiger partial charge in [-0.15, -0.1) is 4.94 Å². The van der Waals surface area contributed by atoms with Gasteiger partial charge in [0, 0.05) is 18.1 Å². The number of hydrazone groups is 1. The number of hydrogen-bond acceptors (Lipinski definition) is 8. The Morgan fingerprint density at radius 2 is 1.76 bits per heavy atom. The summed E-state index contributed by atoms with van der Waals surface area (Å²) in [5.74, 6) is -1.89. The van der Waals surface area contributed by atoms with E-state index < -0.39 is 29.4 Å². The molecule has 2 aromatic carbocycles. The first-order chi connectivity index (χ1) is 19.7. The lowest BCUT2D eigenvalue weighted by Gasteiger charge is -2.19. The average Bonchev–Trinajstić information content (AvgIpc) is 3.59. The van der Waals surface area contributed by atoms with Crippen LogP contribution >= 0.6 is 0 Å². The zero-order valence-electron chi connectivity index (χ0n) is 23.1. The van der Waals surface area contributed by atoms with E-state index in [0.717, 1.165) is 10.9 Å². The molecule has 0 fully saturated rings. The molecule has 2 heterocycles. The number of nitrogens with one attached hydrogen (secondary N) is 3. The minimum Gasteiger partial charge on any atom is -0.463 e. The third-order valence-corrected chi connectivity index (χ3v) is 5.98. The van der Waals surface area contributed by atoms with Gasteiger partial charge >= 0.3 is 6.09 Å². The number of carbonyl (C=O) groups excluding carboxylic acids is 3. The van der Waals surface area contributed by atoms with E-state index in [4.69, 9.17) is 14.1 Å². The van der Waals surface area contributed by atoms with Crippen molar-refractivity contribution >= 4 is 35.0 Å². The van der Waals surface area contributed by atoms with E-state index >= 15 is 0 Å². The van der Waals surface area contributed by atoms with Gasteiger partial charge in [-0.2, -0.15) is 10.7 Å². The Hall–Kier alpha value is -4.90. The van der Waals surface area contributed by atoms with Gasteiger partial charge in [-0.05, 0) is 62.9 Å². The van der Waals surface area contributed by atoms with Crippen molar-refractivity contribution in [2.75, 3.05) is 6.54 Å². The third-order valence-electron chi connectivity index (χ3n) is 5.98. The second-order valence-corrected chi connectivity index (χ2v) is 10.2. The highest BCUT2D eigenvalue weighted by Gasteiger charge is 2.30. The Morgan fingerprint density at radius 1 is 1.00 bits per heavy atom. The number of carbonyl (C=O) groups is 3. The van der Waals surface area contributed by atoms with Crippen LogP contribution in [-0.4, -0.2) is 40.8 Å². The van der Waals surface area contributed by atoms with Crippen LogP contribution in [0.3, 0.4) is 0 Å². The van der Waals surface area contributed by atoms with E-state index in [2.05, 4.69) is 21.5 Å². The molecule has 0 saturated heterocycles. The van der Waals surface area contributed by atoms with E-state index in [0.29, 0.717) is 29.8 Å². The molecule has 0 spiro atoms. The van der Waals surface area contributed by atoms with Crippen LogP contribution in [0.25, 0.3) is 10.9 Å². The maximum absolute atomic E-state index is 13.3. The van der Waals surface area contributed by atoms with E-state index in [1.165, 1.54) is 17.0 Å². The Morgan fingerprint density at radius 3 is 2.49 bits per heavy atom. The van der Waals surface area contributed by atoms with Gasteiger partial charge in [0.2, 0.25) is 5.91 Å². The van der Waals surface area contributed by atoms with Crippen LogP contribution < -0.4 is 16.4 Å². The number of rotatable bonds is 11. The lowest BCUT2D eigenvalue weighted by molar-refractivity contribution is -0.149. The Kier molecular flexibility index (Phi) is 9.54. The van der Waals surface area contributed by atoms with Crippen molar-refractivity contribution in [1.29, 1.82) is 0 Å². The fourth-order valence-corrected chi connectivity index (χ4v) is 4.12. The molecule has 4 rings (SSSR count). The molecule has 11 heteroatoms. The van der Waals surface area contributed by atoms with Gasteiger partial charge in [0.25, 0.3) is 5.91 Å². The van der Waals surface area contributed by atoms with Gasteiger partial charge in [-0.1, -0.05) is 48.5 Å². The van der Waals surface area contributed by atoms with Crippen LogP contribution in [0.5, 0.6) is 0 Å². The lowest BCUT2D eigenvalue weighted by atomic mass is 9.97. The Balaban J connectivity index is 1.50.